The van der Waals surface area contributed by atoms with Gasteiger partial charge in [0.2, 0.25) is 5.82 Å². The zero-order chi connectivity index (χ0) is 22.5. The Hall–Kier alpha value is -1.94. The van der Waals surface area contributed by atoms with Crippen molar-refractivity contribution >= 4 is 52.5 Å². The van der Waals surface area contributed by atoms with Crippen LogP contribution in [0, 0.1) is 0 Å². The van der Waals surface area contributed by atoms with Crippen molar-refractivity contribution in [1.29, 1.82) is 0 Å². The second-order valence-corrected chi connectivity index (χ2v) is 9.20. The van der Waals surface area contributed by atoms with Crippen LogP contribution in [0.1, 0.15) is 39.7 Å². The normalized spacial score (nSPS) is 18.3. The lowest BCUT2D eigenvalue weighted by Gasteiger charge is -2.22. The number of carboxylic acid groups (broad SMARTS) is 1. The molecule has 0 fully saturated rings. The first-order valence-corrected chi connectivity index (χ1v) is 10.8. The molecule has 0 radical (unpaired) electrons. The number of nitrogens with zero attached hydrogens (tertiary/aromatic N) is 3. The van der Waals surface area contributed by atoms with Gasteiger partial charge in [0, 0.05) is 5.02 Å². The average molecular weight is 509 g/mol. The summed E-state index contributed by atoms with van der Waals surface area (Å²) in [6.07, 6.45) is -5.29. The summed E-state index contributed by atoms with van der Waals surface area (Å²) in [6.45, 7) is 0. The SMILES string of the molecule is O=C(O)C[C@@H]1S[C@@H](c2cccc(Cl)c2Cl)c2cc(Cl)ccc2-n2c1nnc2C(F)(F)F. The van der Waals surface area contributed by atoms with Gasteiger partial charge in [-0.3, -0.25) is 9.36 Å². The first-order valence-electron chi connectivity index (χ1n) is 8.71. The summed E-state index contributed by atoms with van der Waals surface area (Å²) in [7, 11) is 0. The maximum Gasteiger partial charge on any atom is 0.452 e. The molecule has 0 saturated carbocycles. The molecule has 1 N–H and O–H groups in total. The van der Waals surface area contributed by atoms with Gasteiger partial charge in [0.15, 0.2) is 5.82 Å². The number of rotatable bonds is 3. The lowest BCUT2D eigenvalue weighted by Crippen LogP contribution is -2.16. The fourth-order valence-corrected chi connectivity index (χ4v) is 5.61. The topological polar surface area (TPSA) is 68.0 Å². The Kier molecular flexibility index (Phi) is 5.89. The van der Waals surface area contributed by atoms with Crippen LogP contribution >= 0.6 is 46.6 Å². The van der Waals surface area contributed by atoms with Gasteiger partial charge in [0.1, 0.15) is 0 Å². The van der Waals surface area contributed by atoms with E-state index in [0.29, 0.717) is 16.1 Å². The molecule has 0 saturated heterocycles. The zero-order valence-corrected chi connectivity index (χ0v) is 18.3. The largest absolute Gasteiger partial charge is 0.481 e. The van der Waals surface area contributed by atoms with Crippen molar-refractivity contribution in [3.63, 3.8) is 0 Å². The average Bonchev–Trinajstić information content (AvgIpc) is 3.08. The van der Waals surface area contributed by atoms with Crippen LogP contribution in [0.4, 0.5) is 13.2 Å². The van der Waals surface area contributed by atoms with E-state index in [4.69, 9.17) is 34.8 Å². The Labute approximate surface area is 193 Å². The molecule has 3 aromatic rings. The molecule has 1 aliphatic rings. The number of aromatic nitrogens is 3. The molecule has 0 amide bonds. The quantitative estimate of drug-likeness (QED) is 0.432. The van der Waals surface area contributed by atoms with Gasteiger partial charge in [0.05, 0.1) is 32.7 Å². The minimum atomic E-state index is -4.81. The fraction of sp³-hybridized carbons (Fsp3) is 0.211. The smallest absolute Gasteiger partial charge is 0.452 e. The number of alkyl halides is 3. The maximum atomic E-state index is 13.7. The summed E-state index contributed by atoms with van der Waals surface area (Å²) in [6, 6.07) is 9.33. The van der Waals surface area contributed by atoms with Crippen LogP contribution in [0.5, 0.6) is 0 Å². The Balaban J connectivity index is 2.04. The van der Waals surface area contributed by atoms with Crippen LogP contribution in [0.2, 0.25) is 15.1 Å². The Morgan fingerprint density at radius 3 is 2.55 bits per heavy atom. The van der Waals surface area contributed by atoms with E-state index in [-0.39, 0.29) is 21.6 Å². The van der Waals surface area contributed by atoms with Crippen molar-refractivity contribution in [2.24, 2.45) is 0 Å². The first-order chi connectivity index (χ1) is 14.6. The highest BCUT2D eigenvalue weighted by molar-refractivity contribution is 8.00. The lowest BCUT2D eigenvalue weighted by molar-refractivity contribution is -0.146. The summed E-state index contributed by atoms with van der Waals surface area (Å²) in [4.78, 5) is 11.5. The number of fused-ring (bicyclic) bond motifs is 3. The lowest BCUT2D eigenvalue weighted by atomic mass is 10.0. The molecule has 5 nitrogen and oxygen atoms in total. The van der Waals surface area contributed by atoms with Crippen LogP contribution in [0.15, 0.2) is 36.4 Å². The van der Waals surface area contributed by atoms with Crippen molar-refractivity contribution in [2.75, 3.05) is 0 Å². The molecule has 1 aromatic heterocycles. The molecule has 0 spiro atoms. The number of hydrogen-bond donors (Lipinski definition) is 1. The second-order valence-electron chi connectivity index (χ2n) is 6.66. The molecule has 0 unspecified atom stereocenters. The molecule has 2 atom stereocenters. The molecule has 0 aliphatic carbocycles. The molecule has 2 heterocycles. The minimum absolute atomic E-state index is 0.121. The highest BCUT2D eigenvalue weighted by atomic mass is 35.5. The van der Waals surface area contributed by atoms with E-state index < -0.39 is 34.9 Å². The fourth-order valence-electron chi connectivity index (χ4n) is 3.43. The number of carbonyl (C=O) groups is 1. The molecule has 4 rings (SSSR count). The van der Waals surface area contributed by atoms with Gasteiger partial charge >= 0.3 is 12.1 Å². The molecule has 0 bridgehead atoms. The maximum absolute atomic E-state index is 13.7. The van der Waals surface area contributed by atoms with E-state index in [9.17, 15) is 23.1 Å². The van der Waals surface area contributed by atoms with Crippen LogP contribution in [0.25, 0.3) is 5.69 Å². The van der Waals surface area contributed by atoms with E-state index in [2.05, 4.69) is 10.2 Å². The predicted octanol–water partition coefficient (Wildman–Crippen LogP) is 6.60. The Morgan fingerprint density at radius 2 is 1.87 bits per heavy atom. The highest BCUT2D eigenvalue weighted by Gasteiger charge is 2.43. The molecule has 31 heavy (non-hydrogen) atoms. The van der Waals surface area contributed by atoms with Crippen LogP contribution in [-0.2, 0) is 11.0 Å². The van der Waals surface area contributed by atoms with Crippen LogP contribution in [-0.4, -0.2) is 25.8 Å². The molecule has 2 aromatic carbocycles. The summed E-state index contributed by atoms with van der Waals surface area (Å²) in [5, 5.41) is 15.6. The van der Waals surface area contributed by atoms with Gasteiger partial charge in [-0.2, -0.15) is 13.2 Å². The third-order valence-corrected chi connectivity index (χ3v) is 7.22. The second kappa shape index (κ2) is 8.20. The van der Waals surface area contributed by atoms with Gasteiger partial charge in [-0.15, -0.1) is 22.0 Å². The van der Waals surface area contributed by atoms with Gasteiger partial charge in [-0.25, -0.2) is 0 Å². The molecular weight excluding hydrogens is 498 g/mol. The van der Waals surface area contributed by atoms with E-state index in [0.717, 1.165) is 16.3 Å². The standard InChI is InChI=1S/C19H11Cl3F3N3O2S/c20-8-4-5-12-10(6-8)16(9-2-1-3-11(21)15(9)22)31-13(7-14(29)30)17-26-27-18(28(12)17)19(23,24)25/h1-6,13,16H,7H2,(H,29,30)/t13-,16-/m0/s1. The number of aliphatic carboxylic acids is 1. The van der Waals surface area contributed by atoms with Gasteiger partial charge in [-0.05, 0) is 35.4 Å². The van der Waals surface area contributed by atoms with E-state index in [1.165, 1.54) is 18.2 Å². The number of carboxylic acids is 1. The summed E-state index contributed by atoms with van der Waals surface area (Å²) in [5.74, 6) is -2.57. The highest BCUT2D eigenvalue weighted by Crippen LogP contribution is 2.53. The van der Waals surface area contributed by atoms with E-state index in [1.54, 1.807) is 18.2 Å². The third kappa shape index (κ3) is 4.11. The van der Waals surface area contributed by atoms with Crippen LogP contribution in [0.3, 0.4) is 0 Å². The van der Waals surface area contributed by atoms with E-state index in [1.807, 2.05) is 0 Å². The number of benzene rings is 2. The van der Waals surface area contributed by atoms with Crippen LogP contribution < -0.4 is 0 Å². The molecule has 1 aliphatic heterocycles. The molecule has 162 valence electrons. The summed E-state index contributed by atoms with van der Waals surface area (Å²) < 4.78 is 42.0. The van der Waals surface area contributed by atoms with Crippen molar-refractivity contribution in [3.8, 4) is 5.69 Å². The first kappa shape index (κ1) is 22.3. The van der Waals surface area contributed by atoms with Gasteiger partial charge < -0.3 is 5.11 Å². The zero-order valence-electron chi connectivity index (χ0n) is 15.2. The minimum Gasteiger partial charge on any atom is -0.481 e. The van der Waals surface area contributed by atoms with Gasteiger partial charge in [0.25, 0.3) is 0 Å². The number of halogens is 6. The van der Waals surface area contributed by atoms with Crippen molar-refractivity contribution < 1.29 is 23.1 Å². The van der Waals surface area contributed by atoms with Gasteiger partial charge in [-0.1, -0.05) is 46.9 Å². The van der Waals surface area contributed by atoms with Crippen molar-refractivity contribution in [2.45, 2.75) is 23.1 Å². The van der Waals surface area contributed by atoms with E-state index >= 15 is 0 Å². The summed E-state index contributed by atoms with van der Waals surface area (Å²) in [5.41, 5.74) is 1.06. The monoisotopic (exact) mass is 507 g/mol. The number of thioether (sulfide) groups is 1. The van der Waals surface area contributed by atoms with Crippen molar-refractivity contribution in [1.82, 2.24) is 14.8 Å². The molecule has 12 heteroatoms. The Bertz CT molecular complexity index is 1190. The third-order valence-electron chi connectivity index (χ3n) is 4.67. The molecular formula is C19H11Cl3F3N3O2S. The van der Waals surface area contributed by atoms with Crippen molar-refractivity contribution in [3.05, 3.63) is 74.2 Å². The predicted molar refractivity (Wildman–Crippen MR) is 112 cm³/mol. The Morgan fingerprint density at radius 1 is 1.13 bits per heavy atom. The summed E-state index contributed by atoms with van der Waals surface area (Å²) >= 11 is 19.9. The number of hydrogen-bond acceptors (Lipinski definition) is 4.